The van der Waals surface area contributed by atoms with Gasteiger partial charge in [0.1, 0.15) is 5.82 Å². The first-order valence-electron chi connectivity index (χ1n) is 9.99. The molecule has 1 heterocycles. The maximum atomic E-state index is 12.0. The number of carbonyl (C=O) groups is 2. The van der Waals surface area contributed by atoms with Crippen LogP contribution in [0.25, 0.3) is 0 Å². The van der Waals surface area contributed by atoms with E-state index < -0.39 is 22.9 Å². The lowest BCUT2D eigenvalue weighted by Crippen LogP contribution is -2.38. The monoisotopic (exact) mass is 420 g/mol. The van der Waals surface area contributed by atoms with E-state index in [9.17, 15) is 14.4 Å². The van der Waals surface area contributed by atoms with Crippen molar-refractivity contribution in [3.8, 4) is 0 Å². The van der Waals surface area contributed by atoms with Crippen molar-refractivity contribution in [1.29, 1.82) is 0 Å². The fourth-order valence-electron chi connectivity index (χ4n) is 4.68. The van der Waals surface area contributed by atoms with Crippen LogP contribution in [-0.2, 0) is 18.3 Å². The summed E-state index contributed by atoms with van der Waals surface area (Å²) in [6.07, 6.45) is 1.63. The van der Waals surface area contributed by atoms with Crippen LogP contribution in [0.1, 0.15) is 62.1 Å². The Morgan fingerprint density at radius 2 is 1.55 bits per heavy atom. The molecule has 1 aromatic heterocycles. The Bertz CT molecular complexity index is 1170. The van der Waals surface area contributed by atoms with Crippen LogP contribution in [0, 0.1) is 0 Å². The van der Waals surface area contributed by atoms with Gasteiger partial charge in [-0.25, -0.2) is 9.89 Å². The fourth-order valence-corrected chi connectivity index (χ4v) is 4.68. The number of benzene rings is 2. The van der Waals surface area contributed by atoms with Gasteiger partial charge in [0.2, 0.25) is 11.8 Å². The Morgan fingerprint density at radius 1 is 1.03 bits per heavy atom. The second-order valence-corrected chi connectivity index (χ2v) is 8.09. The van der Waals surface area contributed by atoms with Crippen molar-refractivity contribution in [1.82, 2.24) is 15.2 Å². The third kappa shape index (κ3) is 3.42. The minimum Gasteiger partial charge on any atom is -0.366 e. The average molecular weight is 420 g/mol. The number of hydrogen-bond donors (Lipinski definition) is 5. The summed E-state index contributed by atoms with van der Waals surface area (Å²) in [5.74, 6) is -0.629. The first-order valence-corrected chi connectivity index (χ1v) is 9.99. The van der Waals surface area contributed by atoms with Crippen LogP contribution in [0.3, 0.4) is 0 Å². The molecule has 8 N–H and O–H groups in total. The predicted octanol–water partition coefficient (Wildman–Crippen LogP) is 0.466. The molecule has 1 atom stereocenters. The quantitative estimate of drug-likeness (QED) is 0.402. The summed E-state index contributed by atoms with van der Waals surface area (Å²) in [4.78, 5) is 38.5. The van der Waals surface area contributed by atoms with Gasteiger partial charge in [-0.3, -0.25) is 14.6 Å². The average Bonchev–Trinajstić information content (AvgIpc) is 3.11. The third-order valence-corrected chi connectivity index (χ3v) is 5.90. The summed E-state index contributed by atoms with van der Waals surface area (Å²) in [5.41, 5.74) is 20.3. The van der Waals surface area contributed by atoms with E-state index >= 15 is 0 Å². The van der Waals surface area contributed by atoms with Crippen LogP contribution in [0.5, 0.6) is 0 Å². The Hall–Kier alpha value is -3.72. The Labute approximate surface area is 178 Å². The van der Waals surface area contributed by atoms with E-state index in [4.69, 9.17) is 17.2 Å². The molecule has 2 amide bonds. The highest BCUT2D eigenvalue weighted by Crippen LogP contribution is 2.46. The summed E-state index contributed by atoms with van der Waals surface area (Å²) < 4.78 is 0. The van der Waals surface area contributed by atoms with E-state index in [1.807, 2.05) is 19.1 Å². The van der Waals surface area contributed by atoms with Gasteiger partial charge in [0.15, 0.2) is 0 Å². The molecule has 160 valence electrons. The molecule has 0 unspecified atom stereocenters. The summed E-state index contributed by atoms with van der Waals surface area (Å²) in [7, 11) is 0. The number of primary amides is 2. The number of aryl methyl sites for hydroxylation is 2. The molecule has 1 aliphatic rings. The number of nitrogens with two attached hydrogens (primary N) is 3. The van der Waals surface area contributed by atoms with Gasteiger partial charge in [-0.2, -0.15) is 5.10 Å². The highest BCUT2D eigenvalue weighted by Gasteiger charge is 2.44. The molecule has 0 fully saturated rings. The van der Waals surface area contributed by atoms with E-state index in [1.165, 1.54) is 0 Å². The summed E-state index contributed by atoms with van der Waals surface area (Å²) in [6, 6.07) is 10.3. The Kier molecular flexibility index (Phi) is 4.98. The number of nitrogens with zero attached hydrogens (tertiary/aromatic N) is 1. The lowest BCUT2D eigenvalue weighted by atomic mass is 9.68. The zero-order valence-electron chi connectivity index (χ0n) is 17.1. The molecule has 2 aromatic carbocycles. The molecule has 4 rings (SSSR count). The zero-order chi connectivity index (χ0) is 22.3. The molecular weight excluding hydrogens is 396 g/mol. The molecule has 31 heavy (non-hydrogen) atoms. The molecule has 1 aliphatic carbocycles. The first-order chi connectivity index (χ1) is 14.7. The van der Waals surface area contributed by atoms with Crippen LogP contribution < -0.4 is 22.9 Å². The van der Waals surface area contributed by atoms with Crippen molar-refractivity contribution in [2.45, 2.75) is 37.6 Å². The maximum absolute atomic E-state index is 12.0. The number of hydrogen-bond acceptors (Lipinski definition) is 5. The lowest BCUT2D eigenvalue weighted by Gasteiger charge is -2.36. The van der Waals surface area contributed by atoms with Gasteiger partial charge in [0.05, 0.1) is 5.41 Å². The number of fused-ring (bicyclic) bond motifs is 2. The zero-order valence-corrected chi connectivity index (χ0v) is 17.1. The number of aromatic amines is 2. The standard InChI is InChI=1S/C22H24N6O3/c1-11(23)10-22(20-26-21(31)28-27-20)16-6-4-14(18(24)29)8-12(16)2-3-13-9-15(19(25)30)5-7-17(13)22/h4-9,11H,2-3,10,23H2,1H3,(H2,24,29)(H2,25,30)(H2,26,27,28,31)/t11-/m0/s1. The van der Waals surface area contributed by atoms with Gasteiger partial charge in [-0.1, -0.05) is 12.1 Å². The number of H-pyrrole nitrogens is 2. The highest BCUT2D eigenvalue weighted by atomic mass is 16.2. The molecule has 0 saturated carbocycles. The summed E-state index contributed by atoms with van der Waals surface area (Å²) >= 11 is 0. The van der Waals surface area contributed by atoms with Gasteiger partial charge in [0.25, 0.3) is 0 Å². The number of rotatable bonds is 5. The van der Waals surface area contributed by atoms with Crippen molar-refractivity contribution < 1.29 is 9.59 Å². The molecular formula is C22H24N6O3. The number of aromatic nitrogens is 3. The minimum atomic E-state index is -0.902. The fraction of sp³-hybridized carbons (Fsp3) is 0.273. The van der Waals surface area contributed by atoms with Gasteiger partial charge >= 0.3 is 5.69 Å². The van der Waals surface area contributed by atoms with E-state index in [0.717, 1.165) is 22.3 Å². The molecule has 3 aromatic rings. The van der Waals surface area contributed by atoms with Crippen LogP contribution in [0.4, 0.5) is 0 Å². The second-order valence-electron chi connectivity index (χ2n) is 8.09. The minimum absolute atomic E-state index is 0.259. The topological polar surface area (TPSA) is 174 Å². The van der Waals surface area contributed by atoms with Crippen LogP contribution in [0.15, 0.2) is 41.2 Å². The van der Waals surface area contributed by atoms with Crippen molar-refractivity contribution >= 4 is 11.8 Å². The van der Waals surface area contributed by atoms with Gasteiger partial charge < -0.3 is 17.2 Å². The molecule has 0 spiro atoms. The lowest BCUT2D eigenvalue weighted by molar-refractivity contribution is 0.0991. The molecule has 0 aliphatic heterocycles. The summed E-state index contributed by atoms with van der Waals surface area (Å²) in [5, 5.41) is 6.74. The van der Waals surface area contributed by atoms with E-state index in [2.05, 4.69) is 15.2 Å². The van der Waals surface area contributed by atoms with Crippen LogP contribution in [0.2, 0.25) is 0 Å². The maximum Gasteiger partial charge on any atom is 0.340 e. The number of nitrogens with one attached hydrogen (secondary N) is 2. The number of amides is 2. The van der Waals surface area contributed by atoms with E-state index in [1.54, 1.807) is 24.3 Å². The second kappa shape index (κ2) is 7.51. The molecule has 0 bridgehead atoms. The molecule has 0 saturated heterocycles. The van der Waals surface area contributed by atoms with Gasteiger partial charge in [-0.05, 0) is 72.7 Å². The van der Waals surface area contributed by atoms with Crippen LogP contribution >= 0.6 is 0 Å². The number of carbonyl (C=O) groups excluding carboxylic acids is 2. The first kappa shape index (κ1) is 20.5. The van der Waals surface area contributed by atoms with Crippen molar-refractivity contribution in [2.24, 2.45) is 17.2 Å². The predicted molar refractivity (Wildman–Crippen MR) is 115 cm³/mol. The van der Waals surface area contributed by atoms with Crippen molar-refractivity contribution in [3.63, 3.8) is 0 Å². The highest BCUT2D eigenvalue weighted by molar-refractivity contribution is 5.94. The van der Waals surface area contributed by atoms with Gasteiger partial charge in [0, 0.05) is 17.2 Å². The third-order valence-electron chi connectivity index (χ3n) is 5.90. The summed E-state index contributed by atoms with van der Waals surface area (Å²) in [6.45, 7) is 1.88. The van der Waals surface area contributed by atoms with Crippen LogP contribution in [-0.4, -0.2) is 33.0 Å². The smallest absolute Gasteiger partial charge is 0.340 e. The molecule has 9 nitrogen and oxygen atoms in total. The largest absolute Gasteiger partial charge is 0.366 e. The van der Waals surface area contributed by atoms with Gasteiger partial charge in [-0.15, -0.1) is 0 Å². The van der Waals surface area contributed by atoms with Crippen molar-refractivity contribution in [2.75, 3.05) is 0 Å². The van der Waals surface area contributed by atoms with Crippen molar-refractivity contribution in [3.05, 3.63) is 86.1 Å². The SMILES string of the molecule is C[C@H](N)CC1(c2n[nH]c(=O)[nH]2)c2ccc(C(N)=O)cc2CCc2cc(C(N)=O)ccc21. The Morgan fingerprint density at radius 3 is 1.94 bits per heavy atom. The molecule has 9 heteroatoms. The molecule has 0 radical (unpaired) electrons. The van der Waals surface area contributed by atoms with E-state index in [0.29, 0.717) is 36.2 Å². The Balaban J connectivity index is 2.10. The van der Waals surface area contributed by atoms with E-state index in [-0.39, 0.29) is 6.04 Å². The normalized spacial score (nSPS) is 15.4.